The number of Topliss-reactive ketones (excluding diaryl/α,β-unsaturated/α-hetero) is 1. The molecule has 0 radical (unpaired) electrons. The molecule has 1 fully saturated rings. The van der Waals surface area contributed by atoms with Crippen molar-refractivity contribution in [2.75, 3.05) is 31.8 Å². The van der Waals surface area contributed by atoms with Crippen molar-refractivity contribution >= 4 is 44.1 Å². The minimum absolute atomic E-state index is 0.0453. The van der Waals surface area contributed by atoms with E-state index in [1.165, 1.54) is 16.2 Å². The van der Waals surface area contributed by atoms with E-state index in [2.05, 4.69) is 4.98 Å². The van der Waals surface area contributed by atoms with Gasteiger partial charge in [-0.2, -0.15) is 0 Å². The van der Waals surface area contributed by atoms with E-state index in [0.717, 1.165) is 4.70 Å². The zero-order chi connectivity index (χ0) is 27.1. The monoisotopic (exact) mass is 544 g/mol. The first kappa shape index (κ1) is 24.7. The predicted octanol–water partition coefficient (Wildman–Crippen LogP) is 5.10. The van der Waals surface area contributed by atoms with Gasteiger partial charge in [0.05, 0.1) is 35.5 Å². The first-order chi connectivity index (χ1) is 19.0. The number of carbonyl (C=O) groups excluding carboxylic acids is 2. The Bertz CT molecular complexity index is 1630. The van der Waals surface area contributed by atoms with Crippen molar-refractivity contribution in [2.45, 2.75) is 13.0 Å². The molecule has 9 nitrogen and oxygen atoms in total. The number of nitrogens with zero attached hydrogens (tertiary/aromatic N) is 2. The fourth-order valence-corrected chi connectivity index (χ4v) is 5.75. The normalized spacial score (nSPS) is 18.0. The molecule has 1 saturated heterocycles. The molecule has 198 valence electrons. The number of hydrogen-bond donors (Lipinski definition) is 1. The molecule has 1 N–H and O–H groups in total. The van der Waals surface area contributed by atoms with Crippen LogP contribution in [-0.2, 0) is 9.59 Å². The second kappa shape index (κ2) is 9.95. The Morgan fingerprint density at radius 2 is 1.77 bits per heavy atom. The first-order valence-corrected chi connectivity index (χ1v) is 13.2. The van der Waals surface area contributed by atoms with Crippen molar-refractivity contribution in [1.82, 2.24) is 4.98 Å². The number of aliphatic hydroxyl groups excluding tert-OH is 1. The van der Waals surface area contributed by atoms with E-state index >= 15 is 0 Å². The molecule has 1 amide bonds. The Balaban J connectivity index is 1.50. The van der Waals surface area contributed by atoms with Crippen molar-refractivity contribution in [2.24, 2.45) is 0 Å². The largest absolute Gasteiger partial charge is 0.507 e. The minimum Gasteiger partial charge on any atom is -0.507 e. The van der Waals surface area contributed by atoms with Gasteiger partial charge in [0.15, 0.2) is 16.6 Å². The number of anilines is 1. The molecule has 1 atom stereocenters. The molecule has 3 aromatic carbocycles. The van der Waals surface area contributed by atoms with Crippen LogP contribution in [0.25, 0.3) is 16.0 Å². The van der Waals surface area contributed by atoms with Gasteiger partial charge in [-0.15, -0.1) is 0 Å². The lowest BCUT2D eigenvalue weighted by Crippen LogP contribution is -2.29. The summed E-state index contributed by atoms with van der Waals surface area (Å²) in [5.41, 5.74) is 1.57. The number of thiazole rings is 1. The molecule has 0 aliphatic carbocycles. The molecule has 0 spiro atoms. The van der Waals surface area contributed by atoms with Crippen LogP contribution in [0.5, 0.6) is 23.0 Å². The van der Waals surface area contributed by atoms with E-state index in [1.54, 1.807) is 49.6 Å². The van der Waals surface area contributed by atoms with Gasteiger partial charge in [0, 0.05) is 5.56 Å². The molecule has 3 heterocycles. The van der Waals surface area contributed by atoms with E-state index in [0.29, 0.717) is 64.6 Å². The highest BCUT2D eigenvalue weighted by Gasteiger charge is 2.48. The average molecular weight is 545 g/mol. The van der Waals surface area contributed by atoms with Crippen LogP contribution in [0.2, 0.25) is 0 Å². The number of hydrogen-bond acceptors (Lipinski definition) is 9. The molecule has 39 heavy (non-hydrogen) atoms. The summed E-state index contributed by atoms with van der Waals surface area (Å²) in [6.07, 6.45) is 0. The van der Waals surface area contributed by atoms with Crippen molar-refractivity contribution in [3.8, 4) is 23.0 Å². The highest BCUT2D eigenvalue weighted by molar-refractivity contribution is 7.22. The third-order valence-electron chi connectivity index (χ3n) is 6.56. The highest BCUT2D eigenvalue weighted by Crippen LogP contribution is 2.45. The number of rotatable bonds is 6. The average Bonchev–Trinajstić information content (AvgIpc) is 3.50. The van der Waals surface area contributed by atoms with E-state index in [1.807, 2.05) is 25.1 Å². The lowest BCUT2D eigenvalue weighted by Gasteiger charge is -2.23. The molecule has 6 rings (SSSR count). The third-order valence-corrected chi connectivity index (χ3v) is 7.57. The molecule has 4 aromatic rings. The Labute approximate surface area is 227 Å². The maximum Gasteiger partial charge on any atom is 0.301 e. The predicted molar refractivity (Wildman–Crippen MR) is 146 cm³/mol. The van der Waals surface area contributed by atoms with Gasteiger partial charge in [-0.05, 0) is 61.0 Å². The van der Waals surface area contributed by atoms with Gasteiger partial charge in [-0.3, -0.25) is 14.5 Å². The van der Waals surface area contributed by atoms with Gasteiger partial charge >= 0.3 is 5.91 Å². The van der Waals surface area contributed by atoms with Crippen molar-refractivity contribution in [3.63, 3.8) is 0 Å². The minimum atomic E-state index is -0.920. The van der Waals surface area contributed by atoms with Crippen LogP contribution < -0.4 is 23.8 Å². The van der Waals surface area contributed by atoms with Crippen LogP contribution in [-0.4, -0.2) is 48.7 Å². The SMILES string of the molecule is CCOc1ccc2nc(N3C(=O)C(=O)C(=C(O)c4ccc5c(c4)OCCO5)[C@H]3c3ccc(OC)cc3)sc2c1. The summed E-state index contributed by atoms with van der Waals surface area (Å²) in [5, 5.41) is 11.8. The zero-order valence-electron chi connectivity index (χ0n) is 21.2. The van der Waals surface area contributed by atoms with Crippen molar-refractivity contribution in [3.05, 3.63) is 77.4 Å². The fraction of sp³-hybridized carbons (Fsp3) is 0.207. The number of ketones is 1. The number of ether oxygens (including phenoxy) is 4. The number of fused-ring (bicyclic) bond motifs is 2. The highest BCUT2D eigenvalue weighted by atomic mass is 32.1. The summed E-state index contributed by atoms with van der Waals surface area (Å²) in [6.45, 7) is 3.21. The number of aromatic nitrogens is 1. The Kier molecular flexibility index (Phi) is 6.32. The maximum absolute atomic E-state index is 13.5. The van der Waals surface area contributed by atoms with Crippen LogP contribution in [0.1, 0.15) is 24.1 Å². The second-order valence-corrected chi connectivity index (χ2v) is 9.87. The topological polar surface area (TPSA) is 107 Å². The maximum atomic E-state index is 13.5. The fourth-order valence-electron chi connectivity index (χ4n) is 4.73. The third kappa shape index (κ3) is 4.32. The molecule has 1 aromatic heterocycles. The number of amides is 1. The quantitative estimate of drug-likeness (QED) is 0.203. The van der Waals surface area contributed by atoms with Gasteiger partial charge in [-0.1, -0.05) is 23.5 Å². The Hall–Kier alpha value is -4.57. The molecule has 2 aliphatic heterocycles. The molecule has 0 unspecified atom stereocenters. The van der Waals surface area contributed by atoms with Gasteiger partial charge in [-0.25, -0.2) is 4.98 Å². The molecule has 2 aliphatic rings. The molecule has 0 bridgehead atoms. The summed E-state index contributed by atoms with van der Waals surface area (Å²) in [6, 6.07) is 16.5. The lowest BCUT2D eigenvalue weighted by atomic mass is 9.95. The van der Waals surface area contributed by atoms with Crippen LogP contribution in [0.15, 0.2) is 66.2 Å². The summed E-state index contributed by atoms with van der Waals surface area (Å²) in [4.78, 5) is 33.1. The van der Waals surface area contributed by atoms with Gasteiger partial charge < -0.3 is 24.1 Å². The van der Waals surface area contributed by atoms with Crippen LogP contribution in [0, 0.1) is 0 Å². The van der Waals surface area contributed by atoms with E-state index in [4.69, 9.17) is 18.9 Å². The van der Waals surface area contributed by atoms with Crippen LogP contribution in [0.3, 0.4) is 0 Å². The first-order valence-electron chi connectivity index (χ1n) is 12.4. The Morgan fingerprint density at radius 3 is 2.51 bits per heavy atom. The smallest absolute Gasteiger partial charge is 0.301 e. The second-order valence-electron chi connectivity index (χ2n) is 8.86. The van der Waals surface area contributed by atoms with E-state index < -0.39 is 17.7 Å². The van der Waals surface area contributed by atoms with Crippen LogP contribution >= 0.6 is 11.3 Å². The van der Waals surface area contributed by atoms with Gasteiger partial charge in [0.25, 0.3) is 5.78 Å². The number of methoxy groups -OCH3 is 1. The number of carbonyl (C=O) groups is 2. The van der Waals surface area contributed by atoms with Gasteiger partial charge in [0.2, 0.25) is 0 Å². The van der Waals surface area contributed by atoms with Crippen molar-refractivity contribution < 1.29 is 33.6 Å². The standard InChI is InChI=1S/C29H24N2O7S/c1-3-36-19-9-10-20-23(15-19)39-29(30-20)31-25(16-4-7-18(35-2)8-5-16)24(27(33)28(31)34)26(32)17-6-11-21-22(14-17)38-13-12-37-21/h4-11,14-15,25,32H,3,12-13H2,1-2H3/t25-/m1/s1. The van der Waals surface area contributed by atoms with Crippen LogP contribution in [0.4, 0.5) is 5.13 Å². The summed E-state index contributed by atoms with van der Waals surface area (Å²) >= 11 is 1.27. The number of benzene rings is 3. The van der Waals surface area contributed by atoms with E-state index in [-0.39, 0.29) is 11.3 Å². The summed E-state index contributed by atoms with van der Waals surface area (Å²) in [5.74, 6) is 0.408. The van der Waals surface area contributed by atoms with Gasteiger partial charge in [0.1, 0.15) is 30.5 Å². The summed E-state index contributed by atoms with van der Waals surface area (Å²) in [7, 11) is 1.56. The molecule has 10 heteroatoms. The number of aliphatic hydroxyl groups is 1. The molecular formula is C29H24N2O7S. The van der Waals surface area contributed by atoms with E-state index in [9.17, 15) is 14.7 Å². The van der Waals surface area contributed by atoms with Crippen molar-refractivity contribution in [1.29, 1.82) is 0 Å². The molecule has 0 saturated carbocycles. The zero-order valence-corrected chi connectivity index (χ0v) is 22.0. The Morgan fingerprint density at radius 1 is 1.03 bits per heavy atom. The summed E-state index contributed by atoms with van der Waals surface area (Å²) < 4.78 is 23.0. The lowest BCUT2D eigenvalue weighted by molar-refractivity contribution is -0.132. The molecular weight excluding hydrogens is 520 g/mol.